The van der Waals surface area contributed by atoms with E-state index in [0.717, 1.165) is 36.8 Å². The Kier molecular flexibility index (Phi) is 5.42. The monoisotopic (exact) mass is 397 g/mol. The summed E-state index contributed by atoms with van der Waals surface area (Å²) in [4.78, 5) is 27.0. The fourth-order valence-corrected chi connectivity index (χ4v) is 3.95. The molecule has 8 nitrogen and oxygen atoms in total. The van der Waals surface area contributed by atoms with Gasteiger partial charge in [0.15, 0.2) is 0 Å². The summed E-state index contributed by atoms with van der Waals surface area (Å²) in [5.74, 6) is 2.58. The molecule has 2 aliphatic rings. The lowest BCUT2D eigenvalue weighted by Crippen LogP contribution is -2.38. The average Bonchev–Trinajstić information content (AvgIpc) is 3.26. The number of carbonyl (C=O) groups excluding carboxylic acids is 1. The highest BCUT2D eigenvalue weighted by molar-refractivity contribution is 5.71. The van der Waals surface area contributed by atoms with E-state index in [1.807, 2.05) is 42.1 Å². The molecule has 8 heteroatoms. The molecule has 2 fully saturated rings. The predicted octanol–water partition coefficient (Wildman–Crippen LogP) is 2.19. The van der Waals surface area contributed by atoms with Crippen LogP contribution < -0.4 is 14.5 Å². The highest BCUT2D eigenvalue weighted by Crippen LogP contribution is 2.30. The van der Waals surface area contributed by atoms with Crippen molar-refractivity contribution < 1.29 is 14.3 Å². The van der Waals surface area contributed by atoms with Crippen molar-refractivity contribution in [1.29, 1.82) is 0 Å². The van der Waals surface area contributed by atoms with Gasteiger partial charge in [-0.25, -0.2) is 14.8 Å². The van der Waals surface area contributed by atoms with Crippen molar-refractivity contribution in [2.75, 3.05) is 50.6 Å². The minimum Gasteiger partial charge on any atom is -0.497 e. The summed E-state index contributed by atoms with van der Waals surface area (Å²) in [6, 6.07) is 10.1. The number of aromatic nitrogens is 2. The van der Waals surface area contributed by atoms with Crippen molar-refractivity contribution in [3.8, 4) is 5.75 Å². The highest BCUT2D eigenvalue weighted by atomic mass is 16.6. The van der Waals surface area contributed by atoms with Gasteiger partial charge in [0.05, 0.1) is 19.7 Å². The van der Waals surface area contributed by atoms with Crippen LogP contribution in [-0.4, -0.2) is 73.9 Å². The number of nitrogens with zero attached hydrogens (tertiary/aromatic N) is 5. The Morgan fingerprint density at radius 2 is 2.00 bits per heavy atom. The fraction of sp³-hybridized carbons (Fsp3) is 0.476. The Labute approximate surface area is 171 Å². The molecule has 2 aliphatic heterocycles. The quantitative estimate of drug-likeness (QED) is 0.709. The first-order valence-electron chi connectivity index (χ1n) is 9.89. The van der Waals surface area contributed by atoms with Crippen LogP contribution in [0.15, 0.2) is 36.7 Å². The third kappa shape index (κ3) is 4.06. The largest absolute Gasteiger partial charge is 0.497 e. The Bertz CT molecular complexity index is 858. The molecule has 1 amide bonds. The number of anilines is 2. The minimum atomic E-state index is -0.203. The van der Waals surface area contributed by atoms with E-state index in [1.54, 1.807) is 13.4 Å². The molecule has 2 saturated heterocycles. The molecule has 0 unspecified atom stereocenters. The number of rotatable bonds is 7. The Morgan fingerprint density at radius 3 is 2.72 bits per heavy atom. The second-order valence-corrected chi connectivity index (χ2v) is 7.67. The van der Waals surface area contributed by atoms with E-state index in [1.165, 1.54) is 5.56 Å². The molecule has 0 spiro atoms. The zero-order valence-electron chi connectivity index (χ0n) is 17.1. The van der Waals surface area contributed by atoms with Crippen molar-refractivity contribution in [2.45, 2.75) is 25.0 Å². The van der Waals surface area contributed by atoms with E-state index < -0.39 is 0 Å². The van der Waals surface area contributed by atoms with Crippen molar-refractivity contribution in [3.05, 3.63) is 42.2 Å². The van der Waals surface area contributed by atoms with Gasteiger partial charge in [0.25, 0.3) is 0 Å². The summed E-state index contributed by atoms with van der Waals surface area (Å²) >= 11 is 0. The normalized spacial score (nSPS) is 20.6. The molecule has 29 heavy (non-hydrogen) atoms. The van der Waals surface area contributed by atoms with Crippen LogP contribution in [0.2, 0.25) is 0 Å². The van der Waals surface area contributed by atoms with E-state index in [-0.39, 0.29) is 18.2 Å². The maximum absolute atomic E-state index is 12.3. The maximum atomic E-state index is 12.3. The molecular weight excluding hydrogens is 370 g/mol. The van der Waals surface area contributed by atoms with Crippen LogP contribution in [0, 0.1) is 0 Å². The number of carbonyl (C=O) groups is 1. The molecule has 1 aromatic heterocycles. The number of aryl methyl sites for hydroxylation is 1. The highest BCUT2D eigenvalue weighted by Gasteiger charge is 2.47. The Hall–Kier alpha value is -3.03. The number of fused-ring (bicyclic) bond motifs is 1. The number of ether oxygens (including phenoxy) is 2. The number of benzene rings is 1. The van der Waals surface area contributed by atoms with Crippen LogP contribution in [-0.2, 0) is 11.2 Å². The lowest BCUT2D eigenvalue weighted by atomic mass is 10.1. The summed E-state index contributed by atoms with van der Waals surface area (Å²) in [5, 5.41) is 0. The van der Waals surface area contributed by atoms with Gasteiger partial charge in [-0.15, -0.1) is 0 Å². The first kappa shape index (κ1) is 19.3. The molecule has 0 bridgehead atoms. The molecule has 3 heterocycles. The summed E-state index contributed by atoms with van der Waals surface area (Å²) in [5.41, 5.74) is 1.24. The molecule has 0 saturated carbocycles. The minimum absolute atomic E-state index is 0.0659. The Morgan fingerprint density at radius 1 is 1.21 bits per heavy atom. The first-order valence-corrected chi connectivity index (χ1v) is 9.89. The van der Waals surface area contributed by atoms with Crippen LogP contribution in [0.5, 0.6) is 5.75 Å². The molecule has 0 aliphatic carbocycles. The van der Waals surface area contributed by atoms with E-state index in [0.29, 0.717) is 13.1 Å². The van der Waals surface area contributed by atoms with Crippen molar-refractivity contribution >= 4 is 17.7 Å². The van der Waals surface area contributed by atoms with E-state index in [9.17, 15) is 4.79 Å². The van der Waals surface area contributed by atoms with E-state index in [2.05, 4.69) is 27.0 Å². The summed E-state index contributed by atoms with van der Waals surface area (Å²) < 4.78 is 10.8. The van der Waals surface area contributed by atoms with Gasteiger partial charge in [-0.1, -0.05) is 12.1 Å². The third-order valence-corrected chi connectivity index (χ3v) is 5.57. The molecular formula is C21H27N5O3. The van der Waals surface area contributed by atoms with E-state index >= 15 is 0 Å². The number of amides is 1. The number of methoxy groups -OCH3 is 1. The zero-order chi connectivity index (χ0) is 20.4. The average molecular weight is 397 g/mol. The van der Waals surface area contributed by atoms with Gasteiger partial charge >= 0.3 is 6.09 Å². The molecule has 0 radical (unpaired) electrons. The van der Waals surface area contributed by atoms with Crippen molar-refractivity contribution in [3.63, 3.8) is 0 Å². The second kappa shape index (κ2) is 8.14. The fourth-order valence-electron chi connectivity index (χ4n) is 3.95. The van der Waals surface area contributed by atoms with Crippen LogP contribution in [0.3, 0.4) is 0 Å². The molecule has 2 atom stereocenters. The van der Waals surface area contributed by atoms with Crippen LogP contribution in [0.25, 0.3) is 0 Å². The molecule has 0 N–H and O–H groups in total. The SMILES string of the molecule is COc1ccc(CCCN2C(=O)O[C@@H]3CN(c4cc(N(C)C)ncn4)C[C@@H]32)cc1. The maximum Gasteiger partial charge on any atom is 0.410 e. The van der Waals surface area contributed by atoms with Crippen molar-refractivity contribution in [2.24, 2.45) is 0 Å². The van der Waals surface area contributed by atoms with Crippen LogP contribution >= 0.6 is 0 Å². The molecule has 1 aromatic carbocycles. The second-order valence-electron chi connectivity index (χ2n) is 7.67. The lowest BCUT2D eigenvalue weighted by molar-refractivity contribution is 0.135. The molecule has 154 valence electrons. The third-order valence-electron chi connectivity index (χ3n) is 5.57. The number of hydrogen-bond acceptors (Lipinski definition) is 7. The van der Waals surface area contributed by atoms with Gasteiger partial charge in [-0.3, -0.25) is 4.90 Å². The van der Waals surface area contributed by atoms with Gasteiger partial charge < -0.3 is 19.3 Å². The van der Waals surface area contributed by atoms with Gasteiger partial charge in [0, 0.05) is 33.3 Å². The summed E-state index contributed by atoms with van der Waals surface area (Å²) in [6.45, 7) is 2.07. The van der Waals surface area contributed by atoms with E-state index in [4.69, 9.17) is 9.47 Å². The number of hydrogen-bond donors (Lipinski definition) is 0. The van der Waals surface area contributed by atoms with Crippen LogP contribution in [0.4, 0.5) is 16.4 Å². The van der Waals surface area contributed by atoms with Gasteiger partial charge in [0.2, 0.25) is 0 Å². The molecule has 4 rings (SSSR count). The Balaban J connectivity index is 1.36. The smallest absolute Gasteiger partial charge is 0.410 e. The first-order chi connectivity index (χ1) is 14.0. The topological polar surface area (TPSA) is 71.0 Å². The van der Waals surface area contributed by atoms with Crippen molar-refractivity contribution in [1.82, 2.24) is 14.9 Å². The summed E-state index contributed by atoms with van der Waals surface area (Å²) in [7, 11) is 5.58. The standard InChI is InChI=1S/C21H27N5O3/c1-24(2)19-11-20(23-14-22-19)25-12-17-18(13-25)29-21(27)26(17)10-4-5-15-6-8-16(28-3)9-7-15/h6-9,11,14,17-18H,4-5,10,12-13H2,1-3H3/t17-,18+/m0/s1. The summed E-state index contributed by atoms with van der Waals surface area (Å²) in [6.07, 6.45) is 3.07. The van der Waals surface area contributed by atoms with Crippen LogP contribution in [0.1, 0.15) is 12.0 Å². The molecule has 2 aromatic rings. The zero-order valence-corrected chi connectivity index (χ0v) is 17.1. The lowest BCUT2D eigenvalue weighted by Gasteiger charge is -2.23. The van der Waals surface area contributed by atoms with Gasteiger partial charge in [0.1, 0.15) is 29.8 Å². The predicted molar refractivity (Wildman–Crippen MR) is 111 cm³/mol. The van der Waals surface area contributed by atoms with Gasteiger partial charge in [-0.2, -0.15) is 0 Å². The van der Waals surface area contributed by atoms with Gasteiger partial charge in [-0.05, 0) is 30.5 Å².